The van der Waals surface area contributed by atoms with Crippen LogP contribution in [0.4, 0.5) is 0 Å². The Hall–Kier alpha value is -1.98. The summed E-state index contributed by atoms with van der Waals surface area (Å²) in [5.41, 5.74) is 4.05. The highest BCUT2D eigenvalue weighted by Gasteiger charge is 2.54. The van der Waals surface area contributed by atoms with E-state index in [9.17, 15) is 0 Å². The number of halogens is 4. The molecule has 8 heteroatoms. The first-order chi connectivity index (χ1) is 15.5. The summed E-state index contributed by atoms with van der Waals surface area (Å²) in [6.07, 6.45) is 8.81. The van der Waals surface area contributed by atoms with Gasteiger partial charge >= 0.3 is 0 Å². The minimum absolute atomic E-state index is 0.0331. The van der Waals surface area contributed by atoms with Gasteiger partial charge in [-0.05, 0) is 59.3 Å². The lowest BCUT2D eigenvalue weighted by atomic mass is 9.50. The molecule has 0 N–H and O–H groups in total. The topological polar surface area (TPSA) is 51.6 Å². The Morgan fingerprint density at radius 1 is 0.656 bits per heavy atom. The second-order valence-electron chi connectivity index (χ2n) is 7.97. The van der Waals surface area contributed by atoms with Gasteiger partial charge in [0.25, 0.3) is 0 Å². The molecule has 4 atom stereocenters. The second kappa shape index (κ2) is 9.11. The Balaban J connectivity index is 1.70. The van der Waals surface area contributed by atoms with Crippen molar-refractivity contribution in [3.05, 3.63) is 104 Å². The molecule has 2 aliphatic rings. The zero-order valence-electron chi connectivity index (χ0n) is 16.8. The summed E-state index contributed by atoms with van der Waals surface area (Å²) in [6.45, 7) is 0. The molecule has 0 bridgehead atoms. The fraction of sp³-hybridized carbons (Fsp3) is 0.250. The summed E-state index contributed by atoms with van der Waals surface area (Å²) in [6, 6.07) is 14.0. The molecule has 3 aromatic rings. The van der Waals surface area contributed by atoms with Crippen LogP contribution in [0.15, 0.2) is 66.3 Å². The van der Waals surface area contributed by atoms with Gasteiger partial charge in [0.05, 0.1) is 11.4 Å². The zero-order valence-corrected chi connectivity index (χ0v) is 19.8. The van der Waals surface area contributed by atoms with E-state index in [0.29, 0.717) is 10.3 Å². The summed E-state index contributed by atoms with van der Waals surface area (Å²) in [4.78, 5) is 17.2. The minimum atomic E-state index is -0.0429. The molecule has 2 aliphatic carbocycles. The highest BCUT2D eigenvalue weighted by molar-refractivity contribution is 6.32. The number of aromatic nitrogens is 4. The van der Waals surface area contributed by atoms with Gasteiger partial charge in [0.2, 0.25) is 10.6 Å². The summed E-state index contributed by atoms with van der Waals surface area (Å²) in [7, 11) is 0. The Bertz CT molecular complexity index is 1170. The van der Waals surface area contributed by atoms with Gasteiger partial charge in [-0.3, -0.25) is 0 Å². The monoisotopic (exact) mass is 502 g/mol. The third-order valence-electron chi connectivity index (χ3n) is 6.20. The smallest absolute Gasteiger partial charge is 0.223 e. The summed E-state index contributed by atoms with van der Waals surface area (Å²) < 4.78 is 0. The van der Waals surface area contributed by atoms with Gasteiger partial charge in [-0.1, -0.05) is 71.8 Å². The lowest BCUT2D eigenvalue weighted by molar-refractivity contribution is 0.185. The van der Waals surface area contributed by atoms with Crippen molar-refractivity contribution in [3.8, 4) is 0 Å². The van der Waals surface area contributed by atoms with Crippen LogP contribution in [0.3, 0.4) is 0 Å². The van der Waals surface area contributed by atoms with E-state index < -0.39 is 0 Å². The van der Waals surface area contributed by atoms with E-state index in [1.165, 1.54) is 11.1 Å². The molecule has 1 fully saturated rings. The number of benzene rings is 1. The van der Waals surface area contributed by atoms with Crippen molar-refractivity contribution in [3.63, 3.8) is 0 Å². The third-order valence-corrected chi connectivity index (χ3v) is 6.92. The van der Waals surface area contributed by atoms with Crippen LogP contribution in [-0.4, -0.2) is 19.9 Å². The summed E-state index contributed by atoms with van der Waals surface area (Å²) in [5.74, 6) is 0.228. The molecule has 2 heterocycles. The predicted molar refractivity (Wildman–Crippen MR) is 129 cm³/mol. The van der Waals surface area contributed by atoms with Crippen molar-refractivity contribution < 1.29 is 0 Å². The first kappa shape index (κ1) is 21.8. The van der Waals surface area contributed by atoms with Gasteiger partial charge < -0.3 is 0 Å². The SMILES string of the molecule is Clc1cc(C2C(C3=CCCC=C3)C(c3ccccc3)C2c2cc(Cl)nc(Cl)n2)nc(Cl)n1. The molecule has 1 saturated carbocycles. The van der Waals surface area contributed by atoms with E-state index in [0.717, 1.165) is 24.2 Å². The molecule has 0 saturated heterocycles. The molecule has 0 aliphatic heterocycles. The van der Waals surface area contributed by atoms with E-state index >= 15 is 0 Å². The van der Waals surface area contributed by atoms with Gasteiger partial charge in [0, 0.05) is 23.7 Å². The van der Waals surface area contributed by atoms with E-state index in [-0.39, 0.29) is 34.2 Å². The number of rotatable bonds is 4. The molecule has 32 heavy (non-hydrogen) atoms. The molecular formula is C24H18Cl4N4. The van der Waals surface area contributed by atoms with Crippen molar-refractivity contribution in [1.82, 2.24) is 19.9 Å². The lowest BCUT2D eigenvalue weighted by Gasteiger charge is -2.53. The molecule has 0 amide bonds. The molecule has 1 aromatic carbocycles. The van der Waals surface area contributed by atoms with Crippen LogP contribution in [0.1, 0.15) is 47.5 Å². The van der Waals surface area contributed by atoms with E-state index in [1.54, 1.807) is 12.1 Å². The van der Waals surface area contributed by atoms with Crippen molar-refractivity contribution in [2.24, 2.45) is 5.92 Å². The molecule has 0 radical (unpaired) electrons. The van der Waals surface area contributed by atoms with E-state index in [2.05, 4.69) is 62.4 Å². The highest BCUT2D eigenvalue weighted by Crippen LogP contribution is 2.64. The Morgan fingerprint density at radius 3 is 1.78 bits per heavy atom. The maximum Gasteiger partial charge on any atom is 0.224 e. The van der Waals surface area contributed by atoms with E-state index in [1.807, 2.05) is 6.07 Å². The third kappa shape index (κ3) is 4.17. The van der Waals surface area contributed by atoms with Gasteiger partial charge in [-0.2, -0.15) is 0 Å². The standard InChI is InChI=1S/C24H18Cl4N4/c25-17-11-15(29-23(27)31-17)21-19(13-7-3-1-4-8-13)20(14-9-5-2-6-10-14)22(21)16-12-18(26)32-24(28)30-16/h1,3-5,7-12,19-22H,2,6H2. The van der Waals surface area contributed by atoms with Crippen molar-refractivity contribution in [2.45, 2.75) is 30.6 Å². The number of allylic oxidation sites excluding steroid dienone is 4. The van der Waals surface area contributed by atoms with E-state index in [4.69, 9.17) is 46.4 Å². The maximum absolute atomic E-state index is 6.27. The number of hydrogen-bond donors (Lipinski definition) is 0. The normalized spacial score (nSPS) is 24.7. The van der Waals surface area contributed by atoms with Crippen LogP contribution in [0, 0.1) is 5.92 Å². The Morgan fingerprint density at radius 2 is 1.25 bits per heavy atom. The first-order valence-electron chi connectivity index (χ1n) is 10.3. The van der Waals surface area contributed by atoms with Crippen LogP contribution in [0.25, 0.3) is 0 Å². The van der Waals surface area contributed by atoms with Crippen molar-refractivity contribution >= 4 is 46.4 Å². The molecule has 4 nitrogen and oxygen atoms in total. The molecule has 2 aromatic heterocycles. The van der Waals surface area contributed by atoms with Crippen molar-refractivity contribution in [1.29, 1.82) is 0 Å². The van der Waals surface area contributed by atoms with Crippen LogP contribution < -0.4 is 0 Å². The largest absolute Gasteiger partial charge is 0.224 e. The van der Waals surface area contributed by atoms with Gasteiger partial charge in [-0.25, -0.2) is 19.9 Å². The lowest BCUT2D eigenvalue weighted by Crippen LogP contribution is -2.43. The average Bonchev–Trinajstić information content (AvgIpc) is 2.73. The highest BCUT2D eigenvalue weighted by atomic mass is 35.5. The predicted octanol–water partition coefficient (Wildman–Crippen LogP) is 7.44. The van der Waals surface area contributed by atoms with Crippen molar-refractivity contribution in [2.75, 3.05) is 0 Å². The van der Waals surface area contributed by atoms with Gasteiger partial charge in [0.15, 0.2) is 0 Å². The van der Waals surface area contributed by atoms with Crippen LogP contribution in [0.2, 0.25) is 20.9 Å². The number of nitrogens with zero attached hydrogens (tertiary/aromatic N) is 4. The minimum Gasteiger partial charge on any atom is -0.223 e. The second-order valence-corrected chi connectivity index (χ2v) is 9.42. The van der Waals surface area contributed by atoms with Gasteiger partial charge in [0.1, 0.15) is 10.3 Å². The number of hydrogen-bond acceptors (Lipinski definition) is 4. The summed E-state index contributed by atoms with van der Waals surface area (Å²) in [5, 5.41) is 0.870. The average molecular weight is 504 g/mol. The van der Waals surface area contributed by atoms with Gasteiger partial charge in [-0.15, -0.1) is 0 Å². The molecule has 4 unspecified atom stereocenters. The fourth-order valence-corrected chi connectivity index (χ4v) is 5.87. The first-order valence-corrected chi connectivity index (χ1v) is 11.8. The Kier molecular flexibility index (Phi) is 6.22. The Labute approximate surface area is 206 Å². The maximum atomic E-state index is 6.27. The molecule has 5 rings (SSSR count). The van der Waals surface area contributed by atoms with Crippen LogP contribution >= 0.6 is 46.4 Å². The molecule has 162 valence electrons. The van der Waals surface area contributed by atoms with Crippen LogP contribution in [-0.2, 0) is 0 Å². The van der Waals surface area contributed by atoms with Crippen LogP contribution in [0.5, 0.6) is 0 Å². The zero-order chi connectivity index (χ0) is 22.2. The molecule has 0 spiro atoms. The molecular weight excluding hydrogens is 486 g/mol. The quantitative estimate of drug-likeness (QED) is 0.274. The summed E-state index contributed by atoms with van der Waals surface area (Å²) >= 11 is 25.0. The fourth-order valence-electron chi connectivity index (χ4n) is 5.02.